The summed E-state index contributed by atoms with van der Waals surface area (Å²) in [6, 6.07) is 7.39. The molecule has 1 atom stereocenters. The van der Waals surface area contributed by atoms with Crippen LogP contribution in [0.3, 0.4) is 0 Å². The first-order chi connectivity index (χ1) is 9.46. The van der Waals surface area contributed by atoms with Crippen LogP contribution in [0.1, 0.15) is 25.0 Å². The molecule has 20 heavy (non-hydrogen) atoms. The zero-order valence-electron chi connectivity index (χ0n) is 12.3. The summed E-state index contributed by atoms with van der Waals surface area (Å²) in [5.74, 6) is -0.0129. The van der Waals surface area contributed by atoms with Crippen LogP contribution in [0.5, 0.6) is 0 Å². The van der Waals surface area contributed by atoms with E-state index in [9.17, 15) is 8.42 Å². The zero-order chi connectivity index (χ0) is 15.0. The van der Waals surface area contributed by atoms with Gasteiger partial charge in [0.2, 0.25) is 10.0 Å². The largest absolute Gasteiger partial charge is 0.383 e. The lowest BCUT2D eigenvalue weighted by atomic mass is 10.1. The van der Waals surface area contributed by atoms with Gasteiger partial charge in [-0.05, 0) is 24.6 Å². The highest BCUT2D eigenvalue weighted by Crippen LogP contribution is 2.09. The van der Waals surface area contributed by atoms with Crippen molar-refractivity contribution in [2.24, 2.45) is 0 Å². The fourth-order valence-corrected chi connectivity index (χ4v) is 3.33. The van der Waals surface area contributed by atoms with E-state index in [1.807, 2.05) is 31.2 Å². The number of sulfonamides is 1. The fourth-order valence-electron chi connectivity index (χ4n) is 1.95. The Bertz CT molecular complexity index is 503. The Balaban J connectivity index is 2.67. The molecule has 1 aromatic rings. The molecule has 0 radical (unpaired) electrons. The van der Waals surface area contributed by atoms with E-state index in [4.69, 9.17) is 4.74 Å². The summed E-state index contributed by atoms with van der Waals surface area (Å²) < 4.78 is 31.6. The molecule has 0 spiro atoms. The molecule has 0 amide bonds. The average Bonchev–Trinajstić information content (AvgIpc) is 2.35. The third kappa shape index (κ3) is 6.47. The van der Waals surface area contributed by atoms with Crippen LogP contribution < -0.4 is 10.0 Å². The molecule has 1 aromatic carbocycles. The normalized spacial score (nSPS) is 13.3. The summed E-state index contributed by atoms with van der Waals surface area (Å²) in [6.45, 7) is 5.81. The first-order valence-electron chi connectivity index (χ1n) is 6.74. The molecule has 0 aromatic heterocycles. The SMILES string of the molecule is CCNCc1cccc(CS(=O)(=O)NC(C)COC)c1. The van der Waals surface area contributed by atoms with Crippen LogP contribution in [-0.4, -0.2) is 34.7 Å². The molecule has 0 saturated heterocycles. The Hall–Kier alpha value is -0.950. The predicted octanol–water partition coefficient (Wildman–Crippen LogP) is 1.25. The standard InChI is InChI=1S/C14H24N2O3S/c1-4-15-9-13-6-5-7-14(8-13)11-20(17,18)16-12(2)10-19-3/h5-8,12,15-16H,4,9-11H2,1-3H3. The lowest BCUT2D eigenvalue weighted by Gasteiger charge is -2.13. The van der Waals surface area contributed by atoms with Crippen LogP contribution in [0.15, 0.2) is 24.3 Å². The molecule has 0 fully saturated rings. The minimum Gasteiger partial charge on any atom is -0.383 e. The van der Waals surface area contributed by atoms with Crippen LogP contribution in [-0.2, 0) is 27.1 Å². The first-order valence-corrected chi connectivity index (χ1v) is 8.39. The highest BCUT2D eigenvalue weighted by Gasteiger charge is 2.15. The van der Waals surface area contributed by atoms with Gasteiger partial charge in [0, 0.05) is 19.7 Å². The van der Waals surface area contributed by atoms with E-state index in [2.05, 4.69) is 10.0 Å². The quantitative estimate of drug-likeness (QED) is 0.720. The highest BCUT2D eigenvalue weighted by molar-refractivity contribution is 7.88. The lowest BCUT2D eigenvalue weighted by molar-refractivity contribution is 0.180. The van der Waals surface area contributed by atoms with Crippen LogP contribution in [0.4, 0.5) is 0 Å². The van der Waals surface area contributed by atoms with Crippen LogP contribution >= 0.6 is 0 Å². The molecule has 0 heterocycles. The van der Waals surface area contributed by atoms with E-state index in [1.165, 1.54) is 0 Å². The smallest absolute Gasteiger partial charge is 0.216 e. The van der Waals surface area contributed by atoms with Gasteiger partial charge in [0.15, 0.2) is 0 Å². The summed E-state index contributed by atoms with van der Waals surface area (Å²) in [7, 11) is -1.79. The maximum Gasteiger partial charge on any atom is 0.216 e. The molecule has 1 unspecified atom stereocenters. The topological polar surface area (TPSA) is 67.4 Å². The van der Waals surface area contributed by atoms with Crippen LogP contribution in [0.25, 0.3) is 0 Å². The molecule has 2 N–H and O–H groups in total. The van der Waals surface area contributed by atoms with Crippen molar-refractivity contribution in [2.75, 3.05) is 20.3 Å². The molecule has 0 aliphatic carbocycles. The molecule has 5 nitrogen and oxygen atoms in total. The van der Waals surface area contributed by atoms with Crippen molar-refractivity contribution in [2.45, 2.75) is 32.2 Å². The second-order valence-electron chi connectivity index (χ2n) is 4.83. The van der Waals surface area contributed by atoms with Gasteiger partial charge in [-0.25, -0.2) is 13.1 Å². The molecular weight excluding hydrogens is 276 g/mol. The van der Waals surface area contributed by atoms with Gasteiger partial charge in [-0.1, -0.05) is 31.2 Å². The Morgan fingerprint density at radius 3 is 2.65 bits per heavy atom. The van der Waals surface area contributed by atoms with Crippen molar-refractivity contribution in [3.05, 3.63) is 35.4 Å². The van der Waals surface area contributed by atoms with E-state index >= 15 is 0 Å². The van der Waals surface area contributed by atoms with Crippen molar-refractivity contribution in [3.8, 4) is 0 Å². The number of benzene rings is 1. The van der Waals surface area contributed by atoms with E-state index < -0.39 is 10.0 Å². The third-order valence-corrected chi connectivity index (χ3v) is 4.20. The molecule has 0 saturated carbocycles. The number of rotatable bonds is 9. The van der Waals surface area contributed by atoms with Gasteiger partial charge in [-0.15, -0.1) is 0 Å². The molecular formula is C14H24N2O3S. The number of ether oxygens (including phenoxy) is 1. The highest BCUT2D eigenvalue weighted by atomic mass is 32.2. The minimum absolute atomic E-state index is 0.0129. The number of nitrogens with one attached hydrogen (secondary N) is 2. The van der Waals surface area contributed by atoms with E-state index in [0.29, 0.717) is 6.61 Å². The summed E-state index contributed by atoms with van der Waals surface area (Å²) in [5, 5.41) is 3.22. The first kappa shape index (κ1) is 17.1. The van der Waals surface area contributed by atoms with Crippen molar-refractivity contribution < 1.29 is 13.2 Å². The maximum atomic E-state index is 12.0. The Morgan fingerprint density at radius 2 is 2.00 bits per heavy atom. The molecule has 0 aliphatic heterocycles. The van der Waals surface area contributed by atoms with Crippen molar-refractivity contribution >= 4 is 10.0 Å². The monoisotopic (exact) mass is 300 g/mol. The summed E-state index contributed by atoms with van der Waals surface area (Å²) in [6.07, 6.45) is 0. The third-order valence-electron chi connectivity index (χ3n) is 2.72. The Kier molecular flexibility index (Phi) is 7.15. The number of hydrogen-bond donors (Lipinski definition) is 2. The molecule has 1 rings (SSSR count). The van der Waals surface area contributed by atoms with Gasteiger partial charge in [-0.3, -0.25) is 0 Å². The Labute approximate surface area is 121 Å². The van der Waals surface area contributed by atoms with Crippen molar-refractivity contribution in [1.82, 2.24) is 10.0 Å². The van der Waals surface area contributed by atoms with Gasteiger partial charge in [0.05, 0.1) is 12.4 Å². The van der Waals surface area contributed by atoms with Gasteiger partial charge >= 0.3 is 0 Å². The summed E-state index contributed by atoms with van der Waals surface area (Å²) in [5.41, 5.74) is 1.88. The van der Waals surface area contributed by atoms with Crippen LogP contribution in [0.2, 0.25) is 0 Å². The van der Waals surface area contributed by atoms with Gasteiger partial charge < -0.3 is 10.1 Å². The van der Waals surface area contributed by atoms with Crippen molar-refractivity contribution in [3.63, 3.8) is 0 Å². The van der Waals surface area contributed by atoms with E-state index in [0.717, 1.165) is 24.2 Å². The van der Waals surface area contributed by atoms with Crippen molar-refractivity contribution in [1.29, 1.82) is 0 Å². The maximum absolute atomic E-state index is 12.0. The number of methoxy groups -OCH3 is 1. The molecule has 0 bridgehead atoms. The molecule has 6 heteroatoms. The minimum atomic E-state index is -3.34. The van der Waals surface area contributed by atoms with Gasteiger partial charge in [-0.2, -0.15) is 0 Å². The van der Waals surface area contributed by atoms with Crippen LogP contribution in [0, 0.1) is 0 Å². The fraction of sp³-hybridized carbons (Fsp3) is 0.571. The lowest BCUT2D eigenvalue weighted by Crippen LogP contribution is -2.36. The van der Waals surface area contributed by atoms with Gasteiger partial charge in [0.1, 0.15) is 0 Å². The molecule has 114 valence electrons. The van der Waals surface area contributed by atoms with E-state index in [1.54, 1.807) is 14.0 Å². The molecule has 0 aliphatic rings. The summed E-state index contributed by atoms with van der Waals surface area (Å²) in [4.78, 5) is 0. The second kappa shape index (κ2) is 8.36. The van der Waals surface area contributed by atoms with Gasteiger partial charge in [0.25, 0.3) is 0 Å². The summed E-state index contributed by atoms with van der Waals surface area (Å²) >= 11 is 0. The second-order valence-corrected chi connectivity index (χ2v) is 6.59. The predicted molar refractivity (Wildman–Crippen MR) is 80.9 cm³/mol. The Morgan fingerprint density at radius 1 is 1.30 bits per heavy atom. The number of hydrogen-bond acceptors (Lipinski definition) is 4. The average molecular weight is 300 g/mol. The van der Waals surface area contributed by atoms with E-state index in [-0.39, 0.29) is 11.8 Å². The zero-order valence-corrected chi connectivity index (χ0v) is 13.2.